The van der Waals surface area contributed by atoms with Gasteiger partial charge in [0.25, 0.3) is 0 Å². The third kappa shape index (κ3) is 52.3. The summed E-state index contributed by atoms with van der Waals surface area (Å²) in [5.74, 6) is -1.92. The van der Waals surface area contributed by atoms with Crippen LogP contribution in [0.3, 0.4) is 0 Å². The Hall–Kier alpha value is -1.57. The molecule has 0 unspecified atom stereocenters. The number of unbranched alkanes of at least 4 members (excludes halogenated alkanes) is 8. The van der Waals surface area contributed by atoms with Crippen LogP contribution in [0, 0.1) is 0 Å². The molecule has 248 valence electrons. The van der Waals surface area contributed by atoms with Gasteiger partial charge in [-0.2, -0.15) is 0 Å². The number of carbonyl (C=O) groups excluding carboxylic acids is 2. The average molecular weight is 744 g/mol. The first-order valence-corrected chi connectivity index (χ1v) is 17.1. The van der Waals surface area contributed by atoms with Gasteiger partial charge in [-0.3, -0.25) is 0 Å². The van der Waals surface area contributed by atoms with Crippen molar-refractivity contribution in [2.24, 2.45) is 0 Å². The van der Waals surface area contributed by atoms with Gasteiger partial charge in [0.2, 0.25) is 0 Å². The summed E-state index contributed by atoms with van der Waals surface area (Å²) in [4.78, 5) is 20.4. The topological polar surface area (TPSA) is 80.3 Å². The second-order valence-corrected chi connectivity index (χ2v) is 10.7. The zero-order valence-corrected chi connectivity index (χ0v) is 33.2. The molecule has 0 aromatic heterocycles. The normalized spacial score (nSPS) is 12.1. The van der Waals surface area contributed by atoms with E-state index in [1.165, 1.54) is 51.4 Å². The van der Waals surface area contributed by atoms with E-state index in [4.69, 9.17) is 0 Å². The fourth-order valence-electron chi connectivity index (χ4n) is 3.85. The van der Waals surface area contributed by atoms with Crippen molar-refractivity contribution in [3.8, 4) is 0 Å². The first-order valence-electron chi connectivity index (χ1n) is 17.1. The van der Waals surface area contributed by atoms with Crippen LogP contribution < -0.4 is 10.2 Å². The Morgan fingerprint density at radius 3 is 0.822 bits per heavy atom. The molecule has 0 saturated heterocycles. The molecule has 0 heterocycles. The summed E-state index contributed by atoms with van der Waals surface area (Å²) in [7, 11) is 0. The predicted octanol–water partition coefficient (Wildman–Crippen LogP) is 9.38. The van der Waals surface area contributed by atoms with Gasteiger partial charge in [0.1, 0.15) is 0 Å². The summed E-state index contributed by atoms with van der Waals surface area (Å²) in [6.45, 7) is 4.46. The minimum Gasteiger partial charge on any atom is -0.550 e. The van der Waals surface area contributed by atoms with Crippen molar-refractivity contribution in [3.63, 3.8) is 0 Å². The summed E-state index contributed by atoms with van der Waals surface area (Å²) in [6, 6.07) is 0. The summed E-state index contributed by atoms with van der Waals surface area (Å²) in [6.07, 6.45) is 54.0. The van der Waals surface area contributed by atoms with Crippen LogP contribution in [0.1, 0.15) is 142 Å². The molecular formula is C40H62BaO4. The van der Waals surface area contributed by atoms with Crippen LogP contribution in [0.15, 0.2) is 97.2 Å². The molecule has 0 amide bonds. The van der Waals surface area contributed by atoms with E-state index >= 15 is 0 Å². The molecule has 0 radical (unpaired) electrons. The monoisotopic (exact) mass is 744 g/mol. The van der Waals surface area contributed by atoms with E-state index in [1.54, 1.807) is 0 Å². The molecule has 0 atom stereocenters. The van der Waals surface area contributed by atoms with Crippen molar-refractivity contribution in [3.05, 3.63) is 97.2 Å². The Morgan fingerprint density at radius 1 is 0.378 bits per heavy atom. The number of allylic oxidation sites excluding steroid dienone is 16. The first kappa shape index (κ1) is 47.8. The van der Waals surface area contributed by atoms with E-state index in [0.717, 1.165) is 51.4 Å². The third-order valence-corrected chi connectivity index (χ3v) is 6.42. The molecular weight excluding hydrogens is 682 g/mol. The molecule has 0 N–H and O–H groups in total. The minimum atomic E-state index is -0.962. The van der Waals surface area contributed by atoms with Crippen LogP contribution in [0.2, 0.25) is 0 Å². The fraction of sp³-hybridized carbons (Fsp3) is 0.550. The molecule has 0 aliphatic heterocycles. The first-order chi connectivity index (χ1) is 21.5. The van der Waals surface area contributed by atoms with Crippen LogP contribution in [-0.4, -0.2) is 60.8 Å². The minimum absolute atomic E-state index is 0. The van der Waals surface area contributed by atoms with Gasteiger partial charge in [-0.05, 0) is 103 Å². The molecule has 0 aliphatic carbocycles. The second kappa shape index (κ2) is 44.6. The number of carboxylic acids is 2. The predicted molar refractivity (Wildman–Crippen MR) is 193 cm³/mol. The third-order valence-electron chi connectivity index (χ3n) is 6.42. The number of hydrogen-bond acceptors (Lipinski definition) is 4. The number of hydrogen-bond donors (Lipinski definition) is 0. The van der Waals surface area contributed by atoms with Gasteiger partial charge in [-0.15, -0.1) is 0 Å². The van der Waals surface area contributed by atoms with Crippen LogP contribution >= 0.6 is 0 Å². The average Bonchev–Trinajstić information content (AvgIpc) is 3.00. The molecule has 45 heavy (non-hydrogen) atoms. The Balaban J connectivity index is -0.000000767. The van der Waals surface area contributed by atoms with Gasteiger partial charge in [0.05, 0.1) is 0 Å². The van der Waals surface area contributed by atoms with Crippen molar-refractivity contribution in [1.29, 1.82) is 0 Å². The molecule has 0 saturated carbocycles. The Kier molecular flexibility index (Phi) is 47.4. The van der Waals surface area contributed by atoms with Crippen molar-refractivity contribution in [2.45, 2.75) is 142 Å². The number of aliphatic carboxylic acids is 2. The molecule has 0 bridgehead atoms. The van der Waals surface area contributed by atoms with E-state index in [-0.39, 0.29) is 61.7 Å². The van der Waals surface area contributed by atoms with E-state index < -0.39 is 11.9 Å². The Labute approximate surface area is 317 Å². The summed E-state index contributed by atoms with van der Waals surface area (Å²) in [5, 5.41) is 20.4. The molecule has 0 aliphatic rings. The van der Waals surface area contributed by atoms with E-state index in [9.17, 15) is 19.8 Å². The molecule has 0 aromatic rings. The van der Waals surface area contributed by atoms with Crippen LogP contribution in [0.25, 0.3) is 0 Å². The Bertz CT molecular complexity index is 803. The van der Waals surface area contributed by atoms with Gasteiger partial charge in [-0.25, -0.2) is 0 Å². The standard InChI is InChI=1S/2C20H32O2.Ba/c2*1-2-3-4-5-6-7-8-9-10-11-12-13-14-15-16-17-18-19-20(21)22;/h2*6-7,9-10,12-13,15-16H,2-5,8,11,14,17-19H2,1H3,(H,21,22);/q;;+2/p-2. The fourth-order valence-corrected chi connectivity index (χ4v) is 3.85. The number of rotatable bonds is 28. The van der Waals surface area contributed by atoms with Gasteiger partial charge in [0, 0.05) is 11.9 Å². The maximum absolute atomic E-state index is 10.2. The van der Waals surface area contributed by atoms with Gasteiger partial charge in [-0.1, -0.05) is 137 Å². The largest absolute Gasteiger partial charge is 2.00 e. The summed E-state index contributed by atoms with van der Waals surface area (Å²) < 4.78 is 0. The zero-order valence-electron chi connectivity index (χ0n) is 28.7. The van der Waals surface area contributed by atoms with Gasteiger partial charge >= 0.3 is 48.9 Å². The Morgan fingerprint density at radius 2 is 0.600 bits per heavy atom. The molecule has 5 heteroatoms. The van der Waals surface area contributed by atoms with Crippen LogP contribution in [0.5, 0.6) is 0 Å². The second-order valence-electron chi connectivity index (χ2n) is 10.7. The maximum atomic E-state index is 10.2. The van der Waals surface area contributed by atoms with Crippen molar-refractivity contribution >= 4 is 60.8 Å². The molecule has 0 rings (SSSR count). The molecule has 0 aromatic carbocycles. The van der Waals surface area contributed by atoms with Gasteiger partial charge in [0.15, 0.2) is 0 Å². The summed E-state index contributed by atoms with van der Waals surface area (Å²) >= 11 is 0. The number of carboxylic acid groups (broad SMARTS) is 2. The molecule has 4 nitrogen and oxygen atoms in total. The maximum Gasteiger partial charge on any atom is 2.00 e. The SMILES string of the molecule is CCCCCC=CCC=CCC=CCC=CCCCC(=O)[O-].CCCCCC=CCC=CCC=CCC=CCCCC(=O)[O-].[Ba+2]. The van der Waals surface area contributed by atoms with Crippen LogP contribution in [-0.2, 0) is 9.59 Å². The summed E-state index contributed by atoms with van der Waals surface area (Å²) in [5.41, 5.74) is 0. The molecule has 0 spiro atoms. The quantitative estimate of drug-likeness (QED) is 0.0455. The smallest absolute Gasteiger partial charge is 0.550 e. The van der Waals surface area contributed by atoms with Gasteiger partial charge < -0.3 is 19.8 Å². The van der Waals surface area contributed by atoms with E-state index in [0.29, 0.717) is 12.8 Å². The van der Waals surface area contributed by atoms with Crippen LogP contribution in [0.4, 0.5) is 0 Å². The zero-order chi connectivity index (χ0) is 32.6. The van der Waals surface area contributed by atoms with Crippen molar-refractivity contribution in [2.75, 3.05) is 0 Å². The molecule has 0 fully saturated rings. The van der Waals surface area contributed by atoms with Crippen molar-refractivity contribution in [1.82, 2.24) is 0 Å². The van der Waals surface area contributed by atoms with E-state index in [1.807, 2.05) is 12.2 Å². The van der Waals surface area contributed by atoms with Crippen molar-refractivity contribution < 1.29 is 19.8 Å². The number of carbonyl (C=O) groups is 2. The van der Waals surface area contributed by atoms with E-state index in [2.05, 4.69) is 98.9 Å².